The molecule has 5 rings (SSSR count). The molecule has 0 amide bonds. The number of aliphatic carboxylic acids is 2. The molecule has 204 valence electrons. The molecule has 1 fully saturated rings. The van der Waals surface area contributed by atoms with E-state index in [-0.39, 0.29) is 0 Å². The van der Waals surface area contributed by atoms with E-state index in [2.05, 4.69) is 70.5 Å². The highest BCUT2D eigenvalue weighted by Gasteiger charge is 2.29. The molecule has 4 aromatic rings. The molecule has 1 saturated heterocycles. The zero-order chi connectivity index (χ0) is 27.6. The number of carboxylic acid groups (broad SMARTS) is 2. The van der Waals surface area contributed by atoms with Crippen molar-refractivity contribution >= 4 is 22.8 Å². The first-order valence-electron chi connectivity index (χ1n) is 13.1. The third kappa shape index (κ3) is 7.69. The van der Waals surface area contributed by atoms with Gasteiger partial charge in [-0.15, -0.1) is 0 Å². The Kier molecular flexibility index (Phi) is 9.72. The fourth-order valence-corrected chi connectivity index (χ4v) is 5.25. The summed E-state index contributed by atoms with van der Waals surface area (Å²) in [5.41, 5.74) is 3.85. The largest absolute Gasteiger partial charge is 0.490 e. The highest BCUT2D eigenvalue weighted by Crippen LogP contribution is 2.38. The first-order chi connectivity index (χ1) is 18.9. The lowest BCUT2D eigenvalue weighted by molar-refractivity contribution is -0.159. The Morgan fingerprint density at radius 3 is 2.00 bits per heavy atom. The number of H-pyrrole nitrogens is 1. The summed E-state index contributed by atoms with van der Waals surface area (Å²) in [6, 6.07) is 29.8. The van der Waals surface area contributed by atoms with E-state index in [0.29, 0.717) is 25.0 Å². The lowest BCUT2D eigenvalue weighted by Crippen LogP contribution is -2.41. The van der Waals surface area contributed by atoms with Gasteiger partial charge in [-0.2, -0.15) is 0 Å². The van der Waals surface area contributed by atoms with Gasteiger partial charge in [-0.05, 0) is 61.2 Å². The van der Waals surface area contributed by atoms with E-state index in [9.17, 15) is 5.11 Å². The molecule has 0 radical (unpaired) electrons. The van der Waals surface area contributed by atoms with Gasteiger partial charge in [0.2, 0.25) is 0 Å². The van der Waals surface area contributed by atoms with Gasteiger partial charge in [-0.3, -0.25) is 0 Å². The predicted octanol–water partition coefficient (Wildman–Crippen LogP) is 4.61. The number of fused-ring (bicyclic) bond motifs is 1. The SMILES string of the molecule is O=C(O)C(=O)O.O[C@H](COc1cccc2[nH]ccc12)CN1CCC(C(c2ccccc2)c2ccccc2)CC1. The van der Waals surface area contributed by atoms with Crippen LogP contribution in [0, 0.1) is 5.92 Å². The quantitative estimate of drug-likeness (QED) is 0.245. The molecule has 1 aromatic heterocycles. The molecule has 1 atom stereocenters. The number of aliphatic hydroxyl groups is 1. The molecule has 1 aliphatic heterocycles. The number of nitrogens with one attached hydrogen (secondary N) is 1. The van der Waals surface area contributed by atoms with Crippen LogP contribution in [0.2, 0.25) is 0 Å². The van der Waals surface area contributed by atoms with Gasteiger partial charge >= 0.3 is 11.9 Å². The van der Waals surface area contributed by atoms with Gasteiger partial charge in [0.05, 0.1) is 0 Å². The Morgan fingerprint density at radius 2 is 1.44 bits per heavy atom. The summed E-state index contributed by atoms with van der Waals surface area (Å²) in [6.07, 6.45) is 3.67. The van der Waals surface area contributed by atoms with Crippen LogP contribution in [0.25, 0.3) is 10.9 Å². The molecule has 0 aliphatic carbocycles. The van der Waals surface area contributed by atoms with Crippen LogP contribution in [0.3, 0.4) is 0 Å². The van der Waals surface area contributed by atoms with E-state index in [0.717, 1.165) is 42.6 Å². The van der Waals surface area contributed by atoms with Gasteiger partial charge < -0.3 is 29.9 Å². The first kappa shape index (κ1) is 27.9. The maximum Gasteiger partial charge on any atom is 0.414 e. The summed E-state index contributed by atoms with van der Waals surface area (Å²) < 4.78 is 5.96. The number of rotatable bonds is 8. The fraction of sp³-hybridized carbons (Fsp3) is 0.290. The van der Waals surface area contributed by atoms with Crippen LogP contribution in [-0.4, -0.2) is 69.5 Å². The first-order valence-corrected chi connectivity index (χ1v) is 13.1. The van der Waals surface area contributed by atoms with Gasteiger partial charge in [-0.1, -0.05) is 66.7 Å². The summed E-state index contributed by atoms with van der Waals surface area (Å²) in [7, 11) is 0. The zero-order valence-electron chi connectivity index (χ0n) is 21.6. The Bertz CT molecular complexity index is 1280. The normalized spacial score (nSPS) is 14.9. The van der Waals surface area contributed by atoms with Crippen LogP contribution >= 0.6 is 0 Å². The monoisotopic (exact) mass is 530 g/mol. The van der Waals surface area contributed by atoms with Gasteiger partial charge in [0, 0.05) is 29.6 Å². The number of piperidine rings is 1. The van der Waals surface area contributed by atoms with Crippen molar-refractivity contribution in [2.24, 2.45) is 5.92 Å². The second kappa shape index (κ2) is 13.6. The molecule has 8 heteroatoms. The van der Waals surface area contributed by atoms with Crippen molar-refractivity contribution in [2.75, 3.05) is 26.2 Å². The minimum absolute atomic E-state index is 0.306. The van der Waals surface area contributed by atoms with E-state index in [1.54, 1.807) is 0 Å². The maximum atomic E-state index is 10.6. The smallest absolute Gasteiger partial charge is 0.414 e. The fourth-order valence-electron chi connectivity index (χ4n) is 5.25. The molecule has 39 heavy (non-hydrogen) atoms. The minimum atomic E-state index is -1.82. The van der Waals surface area contributed by atoms with Gasteiger partial charge in [0.15, 0.2) is 0 Å². The number of carboxylic acids is 2. The van der Waals surface area contributed by atoms with Crippen molar-refractivity contribution in [2.45, 2.75) is 24.9 Å². The van der Waals surface area contributed by atoms with Gasteiger partial charge in [0.25, 0.3) is 0 Å². The average molecular weight is 531 g/mol. The zero-order valence-corrected chi connectivity index (χ0v) is 21.6. The molecule has 2 heterocycles. The second-order valence-corrected chi connectivity index (χ2v) is 9.71. The lowest BCUT2D eigenvalue weighted by Gasteiger charge is -2.37. The van der Waals surface area contributed by atoms with Crippen LogP contribution in [-0.2, 0) is 9.59 Å². The summed E-state index contributed by atoms with van der Waals surface area (Å²) in [6.45, 7) is 2.97. The molecule has 4 N–H and O–H groups in total. The third-order valence-electron chi connectivity index (χ3n) is 7.06. The van der Waals surface area contributed by atoms with E-state index in [4.69, 9.17) is 24.5 Å². The van der Waals surface area contributed by atoms with Gasteiger partial charge in [-0.25, -0.2) is 9.59 Å². The van der Waals surface area contributed by atoms with Crippen molar-refractivity contribution < 1.29 is 29.6 Å². The summed E-state index contributed by atoms with van der Waals surface area (Å²) in [4.78, 5) is 23.8. The Balaban J connectivity index is 0.000000531. The number of carbonyl (C=O) groups is 2. The summed E-state index contributed by atoms with van der Waals surface area (Å²) in [5, 5.41) is 26.5. The number of likely N-dealkylation sites (tertiary alicyclic amines) is 1. The van der Waals surface area contributed by atoms with E-state index < -0.39 is 18.0 Å². The van der Waals surface area contributed by atoms with Crippen LogP contribution in [0.15, 0.2) is 91.1 Å². The number of hydrogen-bond donors (Lipinski definition) is 4. The molecule has 1 aliphatic rings. The molecular weight excluding hydrogens is 496 g/mol. The van der Waals surface area contributed by atoms with Gasteiger partial charge in [0.1, 0.15) is 18.5 Å². The standard InChI is InChI=1S/C29H32N2O2.C2H2O4/c32-25(21-33-28-13-7-12-27-26(28)14-17-30-27)20-31-18-15-24(16-19-31)29(22-8-3-1-4-9-22)23-10-5-2-6-11-23;3-1(4)2(5)6/h1-14,17,24-25,29-30,32H,15-16,18-21H2;(H,3,4)(H,5,6)/t25-;/m0./s1. The molecule has 0 spiro atoms. The number of aliphatic hydroxyl groups excluding tert-OH is 1. The molecular formula is C31H34N2O6. The number of aromatic amines is 1. The van der Waals surface area contributed by atoms with Crippen LogP contribution in [0.4, 0.5) is 0 Å². The summed E-state index contributed by atoms with van der Waals surface area (Å²) >= 11 is 0. The molecule has 8 nitrogen and oxygen atoms in total. The van der Waals surface area contributed by atoms with E-state index >= 15 is 0 Å². The number of nitrogens with zero attached hydrogens (tertiary/aromatic N) is 1. The van der Waals surface area contributed by atoms with E-state index in [1.165, 1.54) is 11.1 Å². The van der Waals surface area contributed by atoms with Crippen LogP contribution in [0.5, 0.6) is 5.75 Å². The topological polar surface area (TPSA) is 123 Å². The van der Waals surface area contributed by atoms with Crippen molar-refractivity contribution in [1.82, 2.24) is 9.88 Å². The van der Waals surface area contributed by atoms with Crippen LogP contribution < -0.4 is 4.74 Å². The Labute approximate surface area is 227 Å². The predicted molar refractivity (Wildman–Crippen MR) is 149 cm³/mol. The number of ether oxygens (including phenoxy) is 1. The molecule has 0 bridgehead atoms. The average Bonchev–Trinajstić information content (AvgIpc) is 3.44. The highest BCUT2D eigenvalue weighted by molar-refractivity contribution is 6.27. The van der Waals surface area contributed by atoms with Crippen molar-refractivity contribution in [3.8, 4) is 5.75 Å². The number of β-amino-alcohol motifs (C(OH)–C–C–N with tert-alkyl or cyclic N) is 1. The lowest BCUT2D eigenvalue weighted by atomic mass is 9.76. The molecule has 0 unspecified atom stereocenters. The second-order valence-electron chi connectivity index (χ2n) is 9.71. The molecule has 0 saturated carbocycles. The Morgan fingerprint density at radius 1 is 0.846 bits per heavy atom. The maximum absolute atomic E-state index is 10.6. The van der Waals surface area contributed by atoms with Crippen molar-refractivity contribution in [3.63, 3.8) is 0 Å². The van der Waals surface area contributed by atoms with Crippen LogP contribution in [0.1, 0.15) is 29.9 Å². The number of hydrogen-bond acceptors (Lipinski definition) is 5. The summed E-state index contributed by atoms with van der Waals surface area (Å²) in [5.74, 6) is -1.81. The Hall–Kier alpha value is -4.14. The minimum Gasteiger partial charge on any atom is -0.490 e. The van der Waals surface area contributed by atoms with E-state index in [1.807, 2.05) is 30.5 Å². The third-order valence-corrected chi connectivity index (χ3v) is 7.06. The number of benzene rings is 3. The highest BCUT2D eigenvalue weighted by atomic mass is 16.5. The van der Waals surface area contributed by atoms with Crippen molar-refractivity contribution in [3.05, 3.63) is 102 Å². The number of aromatic nitrogens is 1. The molecule has 3 aromatic carbocycles. The van der Waals surface area contributed by atoms with Crippen molar-refractivity contribution in [1.29, 1.82) is 0 Å².